The number of aliphatic carboxylic acids is 1. The Morgan fingerprint density at radius 1 is 0.860 bits per heavy atom. The van der Waals surface area contributed by atoms with Gasteiger partial charge in [0.2, 0.25) is 0 Å². The van der Waals surface area contributed by atoms with Crippen molar-refractivity contribution in [2.75, 3.05) is 6.61 Å². The third kappa shape index (κ3) is 8.16. The minimum absolute atomic E-state index is 0.241. The van der Waals surface area contributed by atoms with Crippen molar-refractivity contribution in [1.29, 1.82) is 0 Å². The zero-order valence-corrected chi connectivity index (χ0v) is 27.1. The Bertz CT molecular complexity index is 1420. The summed E-state index contributed by atoms with van der Waals surface area (Å²) in [7, 11) is -2.53. The number of carbonyl (C=O) groups excluding carboxylic acids is 1. The number of hydrogen-bond acceptors (Lipinski definition) is 6. The molecule has 10 heteroatoms. The molecule has 3 aromatic rings. The minimum atomic E-state index is -1.38. The Morgan fingerprint density at radius 2 is 1.35 bits per heavy atom. The van der Waals surface area contributed by atoms with Crippen molar-refractivity contribution < 1.29 is 24.3 Å². The topological polar surface area (TPSA) is 110 Å². The maximum absolute atomic E-state index is 12.9. The number of carboxylic acids is 1. The standard InChI is InChI=1S/C33H39N3O5SSi/c1-32(2,30(39)40-21-22-43(3,4)5)41-36-42-24-28(23-29(37)38)34-31(42)35-33(25-15-9-6-10-16-25,26-17-11-7-12-18-26)27-19-13-8-14-20-27/h6-20,24H,21-23H2,1-5H3,(H,34,35)(H,37,38). The summed E-state index contributed by atoms with van der Waals surface area (Å²) in [5.41, 5.74) is 0.860. The highest BCUT2D eigenvalue weighted by molar-refractivity contribution is 8.05. The first kappa shape index (κ1) is 32.1. The molecular weight excluding hydrogens is 579 g/mol. The molecule has 0 fully saturated rings. The summed E-state index contributed by atoms with van der Waals surface area (Å²) < 4.78 is 9.98. The van der Waals surface area contributed by atoms with Gasteiger partial charge >= 0.3 is 11.9 Å². The van der Waals surface area contributed by atoms with Gasteiger partial charge in [-0.25, -0.2) is 14.6 Å². The molecule has 3 aromatic carbocycles. The minimum Gasteiger partial charge on any atom is -0.481 e. The largest absolute Gasteiger partial charge is 0.481 e. The summed E-state index contributed by atoms with van der Waals surface area (Å²) in [4.78, 5) is 35.8. The second kappa shape index (κ2) is 13.6. The first-order chi connectivity index (χ1) is 20.4. The number of esters is 1. The molecule has 0 spiro atoms. The van der Waals surface area contributed by atoms with Crippen molar-refractivity contribution in [3.8, 4) is 0 Å². The van der Waals surface area contributed by atoms with Gasteiger partial charge in [-0.15, -0.1) is 0 Å². The lowest BCUT2D eigenvalue weighted by Crippen LogP contribution is -2.37. The predicted octanol–water partition coefficient (Wildman–Crippen LogP) is 6.65. The van der Waals surface area contributed by atoms with E-state index in [-0.39, 0.29) is 6.42 Å². The lowest BCUT2D eigenvalue weighted by molar-refractivity contribution is -0.167. The normalized spacial score (nSPS) is 16.5. The molecule has 0 aliphatic carbocycles. The van der Waals surface area contributed by atoms with Gasteiger partial charge < -0.3 is 15.2 Å². The molecule has 2 N–H and O–H groups in total. The van der Waals surface area contributed by atoms with Gasteiger partial charge in [-0.3, -0.25) is 4.79 Å². The smallest absolute Gasteiger partial charge is 0.340 e. The van der Waals surface area contributed by atoms with E-state index in [9.17, 15) is 14.7 Å². The molecular formula is C33H39N3O5SSi. The van der Waals surface area contributed by atoms with Gasteiger partial charge in [0.25, 0.3) is 0 Å². The van der Waals surface area contributed by atoms with Crippen molar-refractivity contribution in [3.63, 3.8) is 0 Å². The molecule has 4 rings (SSSR count). The second-order valence-electron chi connectivity index (χ2n) is 12.0. The molecule has 0 aromatic heterocycles. The van der Waals surface area contributed by atoms with Gasteiger partial charge in [-0.2, -0.15) is 0 Å². The summed E-state index contributed by atoms with van der Waals surface area (Å²) in [6, 6.07) is 30.7. The van der Waals surface area contributed by atoms with Crippen molar-refractivity contribution in [3.05, 3.63) is 119 Å². The van der Waals surface area contributed by atoms with Crippen LogP contribution in [0.15, 0.2) is 112 Å². The number of nitrogens with one attached hydrogen (secondary N) is 1. The lowest BCUT2D eigenvalue weighted by atomic mass is 9.77. The van der Waals surface area contributed by atoms with Crippen LogP contribution in [0.1, 0.15) is 37.0 Å². The van der Waals surface area contributed by atoms with Crippen LogP contribution in [0.5, 0.6) is 0 Å². The first-order valence-electron chi connectivity index (χ1n) is 14.2. The van der Waals surface area contributed by atoms with Crippen LogP contribution in [-0.2, 0) is 35.4 Å². The molecule has 0 amide bonds. The molecule has 8 nitrogen and oxygen atoms in total. The number of hydrogen-bond donors (Lipinski definition) is 2. The second-order valence-corrected chi connectivity index (χ2v) is 19.0. The third-order valence-electron chi connectivity index (χ3n) is 6.83. The van der Waals surface area contributed by atoms with E-state index in [1.165, 1.54) is 0 Å². The summed E-state index contributed by atoms with van der Waals surface area (Å²) >= 11 is 0. The Kier molecular flexibility index (Phi) is 10.2. The van der Waals surface area contributed by atoms with E-state index >= 15 is 0 Å². The van der Waals surface area contributed by atoms with Gasteiger partial charge in [-0.05, 0) is 36.6 Å². The molecule has 0 radical (unpaired) electrons. The van der Waals surface area contributed by atoms with E-state index in [2.05, 4.69) is 29.5 Å². The van der Waals surface area contributed by atoms with Crippen LogP contribution in [0.4, 0.5) is 0 Å². The van der Waals surface area contributed by atoms with Crippen LogP contribution in [0, 0.1) is 0 Å². The Hall–Kier alpha value is -3.86. The Balaban J connectivity index is 1.81. The SMILES string of the molecule is CC(C)(ON=S1C=C(CC(=O)O)NC1=NC(c1ccccc1)(c1ccccc1)c1ccccc1)C(=O)OCC[Si](C)(C)C. The van der Waals surface area contributed by atoms with Crippen molar-refractivity contribution in [1.82, 2.24) is 5.32 Å². The van der Waals surface area contributed by atoms with Crippen LogP contribution < -0.4 is 5.32 Å². The van der Waals surface area contributed by atoms with Gasteiger partial charge in [0.1, 0.15) is 5.54 Å². The van der Waals surface area contributed by atoms with Crippen LogP contribution in [0.25, 0.3) is 0 Å². The molecule has 0 bridgehead atoms. The fraction of sp³-hybridized carbons (Fsp3) is 0.303. The Morgan fingerprint density at radius 3 is 1.79 bits per heavy atom. The summed E-state index contributed by atoms with van der Waals surface area (Å²) in [5.74, 6) is -1.50. The van der Waals surface area contributed by atoms with Crippen LogP contribution in [0.3, 0.4) is 0 Å². The van der Waals surface area contributed by atoms with E-state index in [1.54, 1.807) is 19.3 Å². The van der Waals surface area contributed by atoms with Crippen LogP contribution in [0.2, 0.25) is 25.7 Å². The average Bonchev–Trinajstić information content (AvgIpc) is 3.35. The zero-order chi connectivity index (χ0) is 31.1. The maximum atomic E-state index is 12.9. The molecule has 1 unspecified atom stereocenters. The number of nitrogens with zero attached hydrogens (tertiary/aromatic N) is 2. The molecule has 1 heterocycles. The highest BCUT2D eigenvalue weighted by Gasteiger charge is 2.38. The molecule has 0 saturated carbocycles. The van der Waals surface area contributed by atoms with E-state index in [0.29, 0.717) is 17.5 Å². The highest BCUT2D eigenvalue weighted by Crippen LogP contribution is 2.41. The number of carbonyl (C=O) groups is 2. The predicted molar refractivity (Wildman–Crippen MR) is 174 cm³/mol. The number of benzene rings is 3. The molecule has 1 aliphatic rings. The number of aliphatic imine (C=N–C) groups is 1. The van der Waals surface area contributed by atoms with Crippen molar-refractivity contribution in [2.24, 2.45) is 9.52 Å². The van der Waals surface area contributed by atoms with E-state index < -0.39 is 41.8 Å². The molecule has 1 aliphatic heterocycles. The number of rotatable bonds is 12. The molecule has 43 heavy (non-hydrogen) atoms. The lowest BCUT2D eigenvalue weighted by Gasteiger charge is -2.32. The van der Waals surface area contributed by atoms with Gasteiger partial charge in [0.15, 0.2) is 10.8 Å². The average molecular weight is 618 g/mol. The monoisotopic (exact) mass is 617 g/mol. The van der Waals surface area contributed by atoms with E-state index in [1.807, 2.05) is 91.0 Å². The number of ether oxygens (including phenoxy) is 1. The van der Waals surface area contributed by atoms with Crippen molar-refractivity contribution >= 4 is 35.9 Å². The summed E-state index contributed by atoms with van der Waals surface area (Å²) in [6.07, 6.45) is -0.241. The maximum Gasteiger partial charge on any atom is 0.340 e. The zero-order valence-electron chi connectivity index (χ0n) is 25.2. The third-order valence-corrected chi connectivity index (χ3v) is 9.86. The van der Waals surface area contributed by atoms with Crippen molar-refractivity contribution in [2.45, 2.75) is 57.1 Å². The quantitative estimate of drug-likeness (QED) is 0.102. The van der Waals surface area contributed by atoms with Gasteiger partial charge in [0.05, 0.1) is 13.0 Å². The van der Waals surface area contributed by atoms with Gasteiger partial charge in [0, 0.05) is 29.9 Å². The fourth-order valence-corrected chi connectivity index (χ4v) is 6.55. The summed E-state index contributed by atoms with van der Waals surface area (Å²) in [5, 5.41) is 14.9. The molecule has 1 atom stereocenters. The summed E-state index contributed by atoms with van der Waals surface area (Å²) in [6.45, 7) is 10.2. The van der Waals surface area contributed by atoms with Crippen LogP contribution in [-0.4, -0.2) is 42.5 Å². The first-order valence-corrected chi connectivity index (χ1v) is 19.1. The number of carboxylic acid groups (broad SMARTS) is 1. The molecule has 0 saturated heterocycles. The van der Waals surface area contributed by atoms with Gasteiger partial charge in [-0.1, -0.05) is 115 Å². The fourth-order valence-electron chi connectivity index (χ4n) is 4.47. The van der Waals surface area contributed by atoms with E-state index in [4.69, 9.17) is 14.6 Å². The van der Waals surface area contributed by atoms with E-state index in [0.717, 1.165) is 22.7 Å². The molecule has 226 valence electrons. The number of amidine groups is 1. The Labute approximate surface area is 256 Å². The highest BCUT2D eigenvalue weighted by atomic mass is 32.2. The van der Waals surface area contributed by atoms with Crippen LogP contribution >= 0.6 is 0 Å².